The molecule has 0 saturated heterocycles. The predicted molar refractivity (Wildman–Crippen MR) is 62.6 cm³/mol. The van der Waals surface area contributed by atoms with Crippen LogP contribution in [-0.4, -0.2) is 18.2 Å². The van der Waals surface area contributed by atoms with Crippen LogP contribution in [-0.2, 0) is 9.59 Å². The van der Waals surface area contributed by atoms with E-state index in [4.69, 9.17) is 0 Å². The molecule has 1 heterocycles. The molecule has 16 heavy (non-hydrogen) atoms. The van der Waals surface area contributed by atoms with Gasteiger partial charge in [-0.25, -0.2) is 0 Å². The van der Waals surface area contributed by atoms with Gasteiger partial charge in [0.2, 0.25) is 5.91 Å². The Labute approximate surface area is 94.0 Å². The summed E-state index contributed by atoms with van der Waals surface area (Å²) in [6.45, 7) is 4.02. The Bertz CT molecular complexity index is 455. The molecule has 4 nitrogen and oxygen atoms in total. The van der Waals surface area contributed by atoms with Gasteiger partial charge in [-0.15, -0.1) is 0 Å². The lowest BCUT2D eigenvalue weighted by Crippen LogP contribution is -2.39. The third-order valence-electron chi connectivity index (χ3n) is 2.87. The largest absolute Gasteiger partial charge is 0.372 e. The van der Waals surface area contributed by atoms with Crippen molar-refractivity contribution >= 4 is 23.6 Å². The van der Waals surface area contributed by atoms with Crippen LogP contribution in [0.25, 0.3) is 0 Å². The number of amides is 1. The van der Waals surface area contributed by atoms with Crippen LogP contribution in [0.1, 0.15) is 17.5 Å². The minimum Gasteiger partial charge on any atom is -0.372 e. The van der Waals surface area contributed by atoms with Gasteiger partial charge in [-0.3, -0.25) is 4.79 Å². The number of benzene rings is 1. The molecule has 2 N–H and O–H groups in total. The molecule has 1 atom stereocenters. The number of nitrogens with one attached hydrogen (secondary N) is 2. The van der Waals surface area contributed by atoms with Crippen molar-refractivity contribution in [3.8, 4) is 0 Å². The Hall–Kier alpha value is -1.84. The van der Waals surface area contributed by atoms with Gasteiger partial charge in [0.05, 0.1) is 11.4 Å². The molecule has 0 aliphatic carbocycles. The second-order valence-corrected chi connectivity index (χ2v) is 4.07. The van der Waals surface area contributed by atoms with Gasteiger partial charge >= 0.3 is 0 Å². The summed E-state index contributed by atoms with van der Waals surface area (Å²) >= 11 is 0. The molecule has 0 spiro atoms. The molecule has 0 radical (unpaired) electrons. The van der Waals surface area contributed by atoms with Crippen LogP contribution < -0.4 is 10.6 Å². The van der Waals surface area contributed by atoms with E-state index in [1.54, 1.807) is 0 Å². The van der Waals surface area contributed by atoms with Gasteiger partial charge in [0.25, 0.3) is 0 Å². The topological polar surface area (TPSA) is 58.2 Å². The number of carbonyl (C=O) groups is 2. The highest BCUT2D eigenvalue weighted by Crippen LogP contribution is 2.30. The van der Waals surface area contributed by atoms with Crippen molar-refractivity contribution in [3.63, 3.8) is 0 Å². The molecule has 4 heteroatoms. The highest BCUT2D eigenvalue weighted by atomic mass is 16.2. The van der Waals surface area contributed by atoms with Crippen molar-refractivity contribution in [1.29, 1.82) is 0 Å². The molecule has 84 valence electrons. The second kappa shape index (κ2) is 3.96. The first-order valence-electron chi connectivity index (χ1n) is 5.24. The van der Waals surface area contributed by atoms with Crippen LogP contribution >= 0.6 is 0 Å². The number of aryl methyl sites for hydroxylation is 2. The van der Waals surface area contributed by atoms with Gasteiger partial charge in [-0.05, 0) is 37.1 Å². The normalized spacial score (nSPS) is 18.4. The zero-order chi connectivity index (χ0) is 11.7. The fourth-order valence-corrected chi connectivity index (χ4v) is 1.77. The summed E-state index contributed by atoms with van der Waals surface area (Å²) in [4.78, 5) is 22.0. The van der Waals surface area contributed by atoms with E-state index in [2.05, 4.69) is 10.6 Å². The van der Waals surface area contributed by atoms with Crippen LogP contribution in [0.4, 0.5) is 11.4 Å². The van der Waals surface area contributed by atoms with E-state index < -0.39 is 6.04 Å². The first kappa shape index (κ1) is 10.7. The summed E-state index contributed by atoms with van der Waals surface area (Å²) in [6, 6.07) is 3.47. The summed E-state index contributed by atoms with van der Waals surface area (Å²) in [5.41, 5.74) is 3.96. The summed E-state index contributed by atoms with van der Waals surface area (Å²) in [5.74, 6) is -0.150. The Morgan fingerprint density at radius 1 is 1.25 bits per heavy atom. The third-order valence-corrected chi connectivity index (χ3v) is 2.87. The second-order valence-electron chi connectivity index (χ2n) is 4.07. The minimum atomic E-state index is -0.452. The number of aldehydes is 1. The molecule has 1 aromatic carbocycles. The Morgan fingerprint density at radius 2 is 1.88 bits per heavy atom. The lowest BCUT2D eigenvalue weighted by molar-refractivity contribution is -0.119. The van der Waals surface area contributed by atoms with Crippen LogP contribution in [0.15, 0.2) is 12.1 Å². The van der Waals surface area contributed by atoms with Gasteiger partial charge in [-0.2, -0.15) is 0 Å². The first-order valence-corrected chi connectivity index (χ1v) is 5.24. The highest BCUT2D eigenvalue weighted by Gasteiger charge is 2.25. The van der Waals surface area contributed by atoms with Gasteiger partial charge < -0.3 is 15.4 Å². The Kier molecular flexibility index (Phi) is 2.64. The quantitative estimate of drug-likeness (QED) is 0.742. The standard InChI is InChI=1S/C12H14N2O2/c1-7-5-10-11(6-8(7)2)14-12(16)9(13-10)3-4-15/h4-6,9,13H,3H2,1-2H3,(H,14,16). The first-order chi connectivity index (χ1) is 7.61. The maximum Gasteiger partial charge on any atom is 0.247 e. The molecule has 1 amide bonds. The Balaban J connectivity index is 2.35. The molecule has 2 rings (SSSR count). The van der Waals surface area contributed by atoms with E-state index in [-0.39, 0.29) is 12.3 Å². The smallest absolute Gasteiger partial charge is 0.247 e. The molecule has 0 aromatic heterocycles. The third kappa shape index (κ3) is 1.78. The van der Waals surface area contributed by atoms with Crippen molar-refractivity contribution in [2.45, 2.75) is 26.3 Å². The number of hydrogen-bond acceptors (Lipinski definition) is 3. The molecule has 0 saturated carbocycles. The van der Waals surface area contributed by atoms with Crippen molar-refractivity contribution in [2.75, 3.05) is 10.6 Å². The molecule has 1 unspecified atom stereocenters. The van der Waals surface area contributed by atoms with E-state index in [0.717, 1.165) is 28.8 Å². The number of anilines is 2. The molecular formula is C12H14N2O2. The van der Waals surface area contributed by atoms with Crippen molar-refractivity contribution < 1.29 is 9.59 Å². The Morgan fingerprint density at radius 3 is 2.50 bits per heavy atom. The van der Waals surface area contributed by atoms with Gasteiger partial charge in [0, 0.05) is 6.42 Å². The monoisotopic (exact) mass is 218 g/mol. The van der Waals surface area contributed by atoms with Crippen LogP contribution in [0.3, 0.4) is 0 Å². The van der Waals surface area contributed by atoms with Crippen molar-refractivity contribution in [3.05, 3.63) is 23.3 Å². The maximum absolute atomic E-state index is 11.6. The highest BCUT2D eigenvalue weighted by molar-refractivity contribution is 6.04. The number of carbonyl (C=O) groups excluding carboxylic acids is 2. The molecular weight excluding hydrogens is 204 g/mol. The average Bonchev–Trinajstić information content (AvgIpc) is 2.23. The predicted octanol–water partition coefficient (Wildman–Crippen LogP) is 1.63. The molecule has 0 fully saturated rings. The fourth-order valence-electron chi connectivity index (χ4n) is 1.77. The summed E-state index contributed by atoms with van der Waals surface area (Å²) in [6.07, 6.45) is 0.946. The number of rotatable bonds is 2. The van der Waals surface area contributed by atoms with E-state index in [9.17, 15) is 9.59 Å². The number of fused-ring (bicyclic) bond motifs is 1. The van der Waals surface area contributed by atoms with E-state index in [1.165, 1.54) is 0 Å². The fraction of sp³-hybridized carbons (Fsp3) is 0.333. The summed E-state index contributed by atoms with van der Waals surface area (Å²) < 4.78 is 0. The van der Waals surface area contributed by atoms with E-state index in [1.807, 2.05) is 26.0 Å². The molecule has 1 aliphatic rings. The molecule has 0 bridgehead atoms. The van der Waals surface area contributed by atoms with Gasteiger partial charge in [0.1, 0.15) is 12.3 Å². The van der Waals surface area contributed by atoms with Gasteiger partial charge in [0.15, 0.2) is 0 Å². The van der Waals surface area contributed by atoms with E-state index in [0.29, 0.717) is 0 Å². The van der Waals surface area contributed by atoms with Gasteiger partial charge in [-0.1, -0.05) is 0 Å². The van der Waals surface area contributed by atoms with Crippen LogP contribution in [0.5, 0.6) is 0 Å². The van der Waals surface area contributed by atoms with E-state index >= 15 is 0 Å². The van der Waals surface area contributed by atoms with Crippen LogP contribution in [0.2, 0.25) is 0 Å². The minimum absolute atomic E-state index is 0.150. The summed E-state index contributed by atoms with van der Waals surface area (Å²) in [5, 5.41) is 5.87. The average molecular weight is 218 g/mol. The molecule has 1 aromatic rings. The zero-order valence-corrected chi connectivity index (χ0v) is 9.33. The lowest BCUT2D eigenvalue weighted by Gasteiger charge is -2.26. The van der Waals surface area contributed by atoms with Crippen LogP contribution in [0, 0.1) is 13.8 Å². The maximum atomic E-state index is 11.6. The van der Waals surface area contributed by atoms with Crippen molar-refractivity contribution in [2.24, 2.45) is 0 Å². The number of hydrogen-bond donors (Lipinski definition) is 2. The zero-order valence-electron chi connectivity index (χ0n) is 9.33. The van der Waals surface area contributed by atoms with Crippen molar-refractivity contribution in [1.82, 2.24) is 0 Å². The molecule has 1 aliphatic heterocycles. The summed E-state index contributed by atoms with van der Waals surface area (Å²) in [7, 11) is 0. The SMILES string of the molecule is Cc1cc2c(cc1C)NC(CC=O)C(=O)N2. The lowest BCUT2D eigenvalue weighted by atomic mass is 10.0.